The number of pyridine rings is 1. The second-order valence-corrected chi connectivity index (χ2v) is 9.31. The summed E-state index contributed by atoms with van der Waals surface area (Å²) >= 11 is 0. The molecule has 5 nitrogen and oxygen atoms in total. The summed E-state index contributed by atoms with van der Waals surface area (Å²) < 4.78 is 19.5. The normalized spacial score (nSPS) is 15.2. The number of hydrogen-bond acceptors (Lipinski definition) is 4. The van der Waals surface area contributed by atoms with Crippen LogP contribution in [-0.2, 0) is 0 Å². The molecule has 1 N–H and O–H groups in total. The molecular formula is C28H34FN3O2. The Morgan fingerprint density at radius 3 is 2.56 bits per heavy atom. The van der Waals surface area contributed by atoms with Gasteiger partial charge in [0, 0.05) is 24.7 Å². The average Bonchev–Trinajstić information content (AvgIpc) is 3.24. The maximum absolute atomic E-state index is 13.4. The van der Waals surface area contributed by atoms with Crippen LogP contribution in [0.25, 0.3) is 11.3 Å². The lowest BCUT2D eigenvalue weighted by Gasteiger charge is -2.31. The van der Waals surface area contributed by atoms with E-state index in [9.17, 15) is 9.18 Å². The van der Waals surface area contributed by atoms with E-state index in [4.69, 9.17) is 4.42 Å². The standard InChI is InChI=1S/C28H34FN3O2/c1-4-16-32(3)28(33)25-15-14-23(18-30-25)31-27(21-8-6-5-7-9-21)24-17-26(34-19(24)2)20-10-12-22(29)13-11-20/h10-15,17-18,21,27,31H,4-9,16H2,1-3H3. The van der Waals surface area contributed by atoms with Gasteiger partial charge in [0.25, 0.3) is 5.91 Å². The van der Waals surface area contributed by atoms with Gasteiger partial charge < -0.3 is 14.6 Å². The summed E-state index contributed by atoms with van der Waals surface area (Å²) in [5, 5.41) is 3.69. The highest BCUT2D eigenvalue weighted by atomic mass is 19.1. The number of aryl methyl sites for hydroxylation is 1. The molecule has 1 fully saturated rings. The van der Waals surface area contributed by atoms with Crippen molar-refractivity contribution in [3.8, 4) is 11.3 Å². The number of carbonyl (C=O) groups excluding carboxylic acids is 1. The van der Waals surface area contributed by atoms with Gasteiger partial charge in [-0.1, -0.05) is 26.2 Å². The Kier molecular flexibility index (Phi) is 7.66. The van der Waals surface area contributed by atoms with Crippen LogP contribution < -0.4 is 5.32 Å². The van der Waals surface area contributed by atoms with Crippen LogP contribution in [0.15, 0.2) is 53.1 Å². The molecule has 1 aliphatic rings. The second-order valence-electron chi connectivity index (χ2n) is 9.31. The fourth-order valence-electron chi connectivity index (χ4n) is 4.90. The lowest BCUT2D eigenvalue weighted by molar-refractivity contribution is 0.0789. The van der Waals surface area contributed by atoms with Gasteiger partial charge >= 0.3 is 0 Å². The van der Waals surface area contributed by atoms with Crippen molar-refractivity contribution in [3.63, 3.8) is 0 Å². The van der Waals surface area contributed by atoms with Crippen molar-refractivity contribution in [2.45, 2.75) is 58.4 Å². The summed E-state index contributed by atoms with van der Waals surface area (Å²) in [6.07, 6.45) is 8.69. The van der Waals surface area contributed by atoms with E-state index in [0.29, 0.717) is 18.2 Å². The highest BCUT2D eigenvalue weighted by molar-refractivity contribution is 5.92. The topological polar surface area (TPSA) is 58.4 Å². The zero-order valence-corrected chi connectivity index (χ0v) is 20.3. The maximum atomic E-state index is 13.4. The molecule has 1 aliphatic carbocycles. The molecule has 1 unspecified atom stereocenters. The number of nitrogens with zero attached hydrogens (tertiary/aromatic N) is 2. The van der Waals surface area contributed by atoms with Crippen molar-refractivity contribution in [1.82, 2.24) is 9.88 Å². The van der Waals surface area contributed by atoms with E-state index in [0.717, 1.165) is 47.6 Å². The van der Waals surface area contributed by atoms with Gasteiger partial charge in [-0.3, -0.25) is 4.79 Å². The Labute approximate surface area is 201 Å². The first-order valence-electron chi connectivity index (χ1n) is 12.3. The first-order chi connectivity index (χ1) is 16.5. The van der Waals surface area contributed by atoms with Gasteiger partial charge in [0.2, 0.25) is 0 Å². The Morgan fingerprint density at radius 1 is 1.18 bits per heavy atom. The molecule has 1 atom stereocenters. The minimum absolute atomic E-state index is 0.0631. The molecule has 3 aromatic rings. The van der Waals surface area contributed by atoms with Crippen LogP contribution in [0.2, 0.25) is 0 Å². The molecule has 2 heterocycles. The molecule has 6 heteroatoms. The monoisotopic (exact) mass is 463 g/mol. The highest BCUT2D eigenvalue weighted by Gasteiger charge is 2.28. The van der Waals surface area contributed by atoms with Crippen LogP contribution >= 0.6 is 0 Å². The summed E-state index contributed by atoms with van der Waals surface area (Å²) in [6.45, 7) is 4.75. The molecule has 0 bridgehead atoms. The van der Waals surface area contributed by atoms with Crippen LogP contribution in [0.1, 0.15) is 73.3 Å². The van der Waals surface area contributed by atoms with E-state index in [-0.39, 0.29) is 17.8 Å². The Morgan fingerprint density at radius 2 is 1.91 bits per heavy atom. The van der Waals surface area contributed by atoms with Crippen LogP contribution in [-0.4, -0.2) is 29.4 Å². The number of carbonyl (C=O) groups is 1. The zero-order chi connectivity index (χ0) is 24.1. The van der Waals surface area contributed by atoms with E-state index in [1.54, 1.807) is 36.3 Å². The number of anilines is 1. The second kappa shape index (κ2) is 10.9. The molecule has 0 aliphatic heterocycles. The Bertz CT molecular complexity index is 1090. The number of furan rings is 1. The third kappa shape index (κ3) is 5.49. The van der Waals surface area contributed by atoms with Crippen molar-refractivity contribution in [2.75, 3.05) is 18.9 Å². The van der Waals surface area contributed by atoms with Crippen molar-refractivity contribution in [2.24, 2.45) is 5.92 Å². The lowest BCUT2D eigenvalue weighted by Crippen LogP contribution is -2.28. The van der Waals surface area contributed by atoms with E-state index in [1.807, 2.05) is 13.0 Å². The van der Waals surface area contributed by atoms with Gasteiger partial charge in [-0.25, -0.2) is 9.37 Å². The van der Waals surface area contributed by atoms with Gasteiger partial charge in [0.05, 0.1) is 17.9 Å². The van der Waals surface area contributed by atoms with Crippen LogP contribution in [0, 0.1) is 18.7 Å². The summed E-state index contributed by atoms with van der Waals surface area (Å²) in [4.78, 5) is 18.7. The van der Waals surface area contributed by atoms with Gasteiger partial charge in [-0.2, -0.15) is 0 Å². The fourth-order valence-corrected chi connectivity index (χ4v) is 4.90. The maximum Gasteiger partial charge on any atom is 0.272 e. The Balaban J connectivity index is 1.59. The molecule has 1 aromatic carbocycles. The number of benzene rings is 1. The molecular weight excluding hydrogens is 429 g/mol. The van der Waals surface area contributed by atoms with E-state index in [2.05, 4.69) is 23.3 Å². The lowest BCUT2D eigenvalue weighted by atomic mass is 9.81. The average molecular weight is 464 g/mol. The molecule has 180 valence electrons. The predicted molar refractivity (Wildman–Crippen MR) is 133 cm³/mol. The van der Waals surface area contributed by atoms with E-state index < -0.39 is 0 Å². The number of amides is 1. The third-order valence-corrected chi connectivity index (χ3v) is 6.75. The van der Waals surface area contributed by atoms with Crippen LogP contribution in [0.5, 0.6) is 0 Å². The number of rotatable bonds is 8. The van der Waals surface area contributed by atoms with Gasteiger partial charge in [0.15, 0.2) is 0 Å². The molecule has 1 saturated carbocycles. The zero-order valence-electron chi connectivity index (χ0n) is 20.3. The van der Waals surface area contributed by atoms with E-state index in [1.165, 1.54) is 31.4 Å². The van der Waals surface area contributed by atoms with Gasteiger partial charge in [-0.15, -0.1) is 0 Å². The summed E-state index contributed by atoms with van der Waals surface area (Å²) in [7, 11) is 1.80. The summed E-state index contributed by atoms with van der Waals surface area (Å²) in [5.74, 6) is 1.76. The SMILES string of the molecule is CCCN(C)C(=O)c1ccc(NC(c2cc(-c3ccc(F)cc3)oc2C)C2CCCCC2)cn1. The molecule has 0 radical (unpaired) electrons. The summed E-state index contributed by atoms with van der Waals surface area (Å²) in [6, 6.07) is 12.3. The van der Waals surface area contributed by atoms with E-state index >= 15 is 0 Å². The number of halogens is 1. The molecule has 2 aromatic heterocycles. The molecule has 1 amide bonds. The fraction of sp³-hybridized carbons (Fsp3) is 0.429. The van der Waals surface area contributed by atoms with Crippen molar-refractivity contribution >= 4 is 11.6 Å². The van der Waals surface area contributed by atoms with Crippen molar-refractivity contribution in [1.29, 1.82) is 0 Å². The number of nitrogens with one attached hydrogen (secondary N) is 1. The first-order valence-corrected chi connectivity index (χ1v) is 12.3. The van der Waals surface area contributed by atoms with Gasteiger partial charge in [-0.05, 0) is 74.6 Å². The molecule has 0 saturated heterocycles. The molecule has 34 heavy (non-hydrogen) atoms. The van der Waals surface area contributed by atoms with Crippen molar-refractivity contribution < 1.29 is 13.6 Å². The summed E-state index contributed by atoms with van der Waals surface area (Å²) in [5.41, 5.74) is 3.32. The minimum Gasteiger partial charge on any atom is -0.461 e. The third-order valence-electron chi connectivity index (χ3n) is 6.75. The van der Waals surface area contributed by atoms with Crippen LogP contribution in [0.4, 0.5) is 10.1 Å². The number of hydrogen-bond donors (Lipinski definition) is 1. The van der Waals surface area contributed by atoms with Crippen molar-refractivity contribution in [3.05, 3.63) is 71.5 Å². The van der Waals surface area contributed by atoms with Crippen LogP contribution in [0.3, 0.4) is 0 Å². The quantitative estimate of drug-likeness (QED) is 0.391. The number of aromatic nitrogens is 1. The minimum atomic E-state index is -0.260. The largest absolute Gasteiger partial charge is 0.461 e. The molecule has 0 spiro atoms. The van der Waals surface area contributed by atoms with Gasteiger partial charge in [0.1, 0.15) is 23.0 Å². The predicted octanol–water partition coefficient (Wildman–Crippen LogP) is 7.00. The first kappa shape index (κ1) is 24.0. The molecule has 4 rings (SSSR count). The highest BCUT2D eigenvalue weighted by Crippen LogP contribution is 2.40. The smallest absolute Gasteiger partial charge is 0.272 e. The Hall–Kier alpha value is -3.15.